The lowest BCUT2D eigenvalue weighted by Gasteiger charge is -2.45. The largest absolute Gasteiger partial charge is 0.367 e. The van der Waals surface area contributed by atoms with E-state index in [1.165, 1.54) is 6.42 Å². The number of benzene rings is 1. The molecule has 0 radical (unpaired) electrons. The Morgan fingerprint density at radius 3 is 2.19 bits per heavy atom. The number of carbonyl (C=O) groups is 2. The zero-order valence-corrected chi connectivity index (χ0v) is 16.0. The Morgan fingerprint density at radius 1 is 0.963 bits per heavy atom. The summed E-state index contributed by atoms with van der Waals surface area (Å²) in [6, 6.07) is 9.17. The minimum absolute atomic E-state index is 0. The van der Waals surface area contributed by atoms with Crippen molar-refractivity contribution in [2.24, 2.45) is 17.6 Å². The molecule has 1 aromatic carbocycles. The fourth-order valence-corrected chi connectivity index (χ4v) is 4.66. The molecule has 4 N–H and O–H groups in total. The molecule has 1 aromatic heterocycles. The highest BCUT2D eigenvalue weighted by molar-refractivity contribution is 6.09. The molecule has 5 nitrogen and oxygen atoms in total. The quantitative estimate of drug-likeness (QED) is 0.703. The maximum absolute atomic E-state index is 12.7. The number of carbonyl (C=O) groups excluding carboxylic acids is 2. The van der Waals surface area contributed by atoms with Gasteiger partial charge in [0.2, 0.25) is 0 Å². The van der Waals surface area contributed by atoms with E-state index in [2.05, 4.69) is 10.3 Å². The smallest absolute Gasteiger partial charge is 0.251 e. The van der Waals surface area contributed by atoms with Crippen LogP contribution in [0.4, 0.5) is 0 Å². The highest BCUT2D eigenvalue weighted by Crippen LogP contribution is 2.39. The van der Waals surface area contributed by atoms with Crippen molar-refractivity contribution in [2.75, 3.05) is 0 Å². The number of halogens is 1. The van der Waals surface area contributed by atoms with E-state index in [0.29, 0.717) is 28.5 Å². The van der Waals surface area contributed by atoms with Crippen LogP contribution >= 0.6 is 12.4 Å². The summed E-state index contributed by atoms with van der Waals surface area (Å²) in [5.74, 6) is 0.892. The lowest BCUT2D eigenvalue weighted by atomic mass is 9.67. The molecule has 0 aliphatic heterocycles. The first-order chi connectivity index (χ1) is 12.6. The third-order valence-corrected chi connectivity index (χ3v) is 5.94. The highest BCUT2D eigenvalue weighted by atomic mass is 35.5. The van der Waals surface area contributed by atoms with Crippen LogP contribution in [-0.4, -0.2) is 28.8 Å². The van der Waals surface area contributed by atoms with Gasteiger partial charge in [0.05, 0.1) is 0 Å². The number of ketones is 1. The van der Waals surface area contributed by atoms with Crippen molar-refractivity contribution >= 4 is 24.1 Å². The molecular weight excluding hydrogens is 362 g/mol. The van der Waals surface area contributed by atoms with Gasteiger partial charge in [-0.3, -0.25) is 9.59 Å². The zero-order chi connectivity index (χ0) is 18.1. The summed E-state index contributed by atoms with van der Waals surface area (Å²) in [4.78, 5) is 27.9. The van der Waals surface area contributed by atoms with Crippen molar-refractivity contribution in [1.29, 1.82) is 0 Å². The van der Waals surface area contributed by atoms with E-state index in [0.717, 1.165) is 25.7 Å². The summed E-state index contributed by atoms with van der Waals surface area (Å²) in [5.41, 5.74) is 7.97. The van der Waals surface area contributed by atoms with Gasteiger partial charge in [0.15, 0.2) is 5.78 Å². The Kier molecular flexibility index (Phi) is 6.02. The number of nitrogens with two attached hydrogens (primary N) is 1. The zero-order valence-electron chi connectivity index (χ0n) is 15.2. The minimum atomic E-state index is -0.0528. The molecule has 27 heavy (non-hydrogen) atoms. The van der Waals surface area contributed by atoms with Crippen LogP contribution in [0.3, 0.4) is 0 Å². The van der Waals surface area contributed by atoms with E-state index >= 15 is 0 Å². The SMILES string of the molecule is Cl.NC1CC2CCCC(C1)C2NC(=O)c1ccc(C(=O)c2cc[nH]c2)cc1. The Bertz CT molecular complexity index is 774. The number of aromatic nitrogens is 1. The van der Waals surface area contributed by atoms with Gasteiger partial charge in [-0.1, -0.05) is 18.6 Å². The van der Waals surface area contributed by atoms with E-state index in [1.54, 1.807) is 42.7 Å². The first-order valence-corrected chi connectivity index (χ1v) is 9.46. The second-order valence-electron chi connectivity index (χ2n) is 7.69. The molecule has 144 valence electrons. The first kappa shape index (κ1) is 19.6. The van der Waals surface area contributed by atoms with Crippen LogP contribution in [0.25, 0.3) is 0 Å². The molecular formula is C21H26ClN3O2. The molecule has 6 heteroatoms. The lowest BCUT2D eigenvalue weighted by molar-refractivity contribution is 0.0755. The van der Waals surface area contributed by atoms with Gasteiger partial charge in [-0.25, -0.2) is 0 Å². The predicted molar refractivity (Wildman–Crippen MR) is 107 cm³/mol. The summed E-state index contributed by atoms with van der Waals surface area (Å²) in [6.45, 7) is 0. The maximum atomic E-state index is 12.7. The van der Waals surface area contributed by atoms with Gasteiger partial charge in [0.25, 0.3) is 5.91 Å². The normalized spacial score (nSPS) is 26.7. The molecule has 2 bridgehead atoms. The van der Waals surface area contributed by atoms with Crippen molar-refractivity contribution < 1.29 is 9.59 Å². The molecule has 0 spiro atoms. The molecule has 2 aromatic rings. The molecule has 1 heterocycles. The van der Waals surface area contributed by atoms with Crippen LogP contribution in [-0.2, 0) is 0 Å². The minimum Gasteiger partial charge on any atom is -0.367 e. The molecule has 2 unspecified atom stereocenters. The topological polar surface area (TPSA) is 88.0 Å². The van der Waals surface area contributed by atoms with Crippen molar-refractivity contribution in [3.05, 3.63) is 59.4 Å². The Morgan fingerprint density at radius 2 is 1.59 bits per heavy atom. The number of amides is 1. The van der Waals surface area contributed by atoms with Crippen LogP contribution in [0, 0.1) is 11.8 Å². The van der Waals surface area contributed by atoms with Crippen LogP contribution in [0.1, 0.15) is 58.4 Å². The van der Waals surface area contributed by atoms with Crippen molar-refractivity contribution in [1.82, 2.24) is 10.3 Å². The number of nitrogens with one attached hydrogen (secondary N) is 2. The number of H-pyrrole nitrogens is 1. The summed E-state index contributed by atoms with van der Waals surface area (Å²) >= 11 is 0. The second-order valence-corrected chi connectivity index (χ2v) is 7.69. The molecule has 2 saturated carbocycles. The van der Waals surface area contributed by atoms with E-state index in [4.69, 9.17) is 5.73 Å². The third-order valence-electron chi connectivity index (χ3n) is 5.94. The van der Waals surface area contributed by atoms with E-state index in [9.17, 15) is 9.59 Å². The average Bonchev–Trinajstić information content (AvgIpc) is 3.16. The standard InChI is InChI=1S/C21H25N3O2.ClH/c22-18-10-15-2-1-3-16(11-18)19(15)24-21(26)14-6-4-13(5-7-14)20(25)17-8-9-23-12-17;/h4-9,12,15-16,18-19,23H,1-3,10-11,22H2,(H,24,26);1H. The molecule has 0 saturated heterocycles. The summed E-state index contributed by atoms with van der Waals surface area (Å²) in [6.07, 6.45) is 8.96. The molecule has 2 fully saturated rings. The number of rotatable bonds is 4. The van der Waals surface area contributed by atoms with Crippen LogP contribution < -0.4 is 11.1 Å². The predicted octanol–water partition coefficient (Wildman–Crippen LogP) is 3.30. The van der Waals surface area contributed by atoms with Crippen LogP contribution in [0.5, 0.6) is 0 Å². The number of aromatic amines is 1. The molecule has 2 aliphatic rings. The van der Waals surface area contributed by atoms with Crippen molar-refractivity contribution in [3.63, 3.8) is 0 Å². The summed E-state index contributed by atoms with van der Waals surface area (Å²) < 4.78 is 0. The van der Waals surface area contributed by atoms with Gasteiger partial charge in [-0.15, -0.1) is 12.4 Å². The summed E-state index contributed by atoms with van der Waals surface area (Å²) in [5, 5.41) is 3.25. The van der Waals surface area contributed by atoms with Gasteiger partial charge in [-0.05, 0) is 55.7 Å². The van der Waals surface area contributed by atoms with E-state index < -0.39 is 0 Å². The lowest BCUT2D eigenvalue weighted by Crippen LogP contribution is -2.53. The van der Waals surface area contributed by atoms with Gasteiger partial charge >= 0.3 is 0 Å². The van der Waals surface area contributed by atoms with E-state index in [1.807, 2.05) is 0 Å². The molecule has 4 rings (SSSR count). The van der Waals surface area contributed by atoms with Crippen LogP contribution in [0.2, 0.25) is 0 Å². The molecule has 1 amide bonds. The van der Waals surface area contributed by atoms with Crippen molar-refractivity contribution in [3.8, 4) is 0 Å². The Labute approximate surface area is 165 Å². The van der Waals surface area contributed by atoms with Gasteiger partial charge in [-0.2, -0.15) is 0 Å². The van der Waals surface area contributed by atoms with Gasteiger partial charge in [0.1, 0.15) is 0 Å². The fraction of sp³-hybridized carbons (Fsp3) is 0.429. The first-order valence-electron chi connectivity index (χ1n) is 9.46. The van der Waals surface area contributed by atoms with Crippen molar-refractivity contribution in [2.45, 2.75) is 44.2 Å². The average molecular weight is 388 g/mol. The molecule has 2 atom stereocenters. The molecule has 2 aliphatic carbocycles. The Balaban J connectivity index is 0.00000210. The number of fused-ring (bicyclic) bond motifs is 2. The third kappa shape index (κ3) is 4.09. The number of hydrogen-bond donors (Lipinski definition) is 3. The number of hydrogen-bond acceptors (Lipinski definition) is 3. The maximum Gasteiger partial charge on any atom is 0.251 e. The second kappa shape index (κ2) is 8.28. The van der Waals surface area contributed by atoms with Gasteiger partial charge in [0, 0.05) is 41.2 Å². The monoisotopic (exact) mass is 387 g/mol. The highest BCUT2D eigenvalue weighted by Gasteiger charge is 2.39. The Hall–Kier alpha value is -2.11. The van der Waals surface area contributed by atoms with Crippen LogP contribution in [0.15, 0.2) is 42.7 Å². The fourth-order valence-electron chi connectivity index (χ4n) is 4.66. The summed E-state index contributed by atoms with van der Waals surface area (Å²) in [7, 11) is 0. The van der Waals surface area contributed by atoms with E-state index in [-0.39, 0.29) is 36.2 Å². The van der Waals surface area contributed by atoms with Gasteiger partial charge < -0.3 is 16.0 Å².